The average molecular weight is 398 g/mol. The van der Waals surface area contributed by atoms with Crippen LogP contribution < -0.4 is 4.90 Å². The third kappa shape index (κ3) is 12.6. The third-order valence-corrected chi connectivity index (χ3v) is 4.68. The van der Waals surface area contributed by atoms with Crippen LogP contribution >= 0.6 is 0 Å². The number of nitrogens with zero attached hydrogens (tertiary/aromatic N) is 1. The maximum absolute atomic E-state index is 8.74. The predicted molar refractivity (Wildman–Crippen MR) is 114 cm³/mol. The van der Waals surface area contributed by atoms with Gasteiger partial charge in [-0.15, -0.1) is 0 Å². The molecular weight excluding hydrogens is 362 g/mol. The zero-order chi connectivity index (χ0) is 20.0. The highest BCUT2D eigenvalue weighted by Crippen LogP contribution is 2.25. The molecule has 1 aliphatic heterocycles. The molecule has 0 aliphatic carbocycles. The molecule has 0 spiro atoms. The summed E-state index contributed by atoms with van der Waals surface area (Å²) in [6.07, 6.45) is 18.7. The van der Waals surface area contributed by atoms with Crippen molar-refractivity contribution >= 4 is 22.2 Å². The van der Waals surface area contributed by atoms with Crippen LogP contribution in [-0.2, 0) is 10.4 Å². The van der Waals surface area contributed by atoms with Gasteiger partial charge in [-0.3, -0.25) is 9.11 Å². The van der Waals surface area contributed by atoms with Crippen molar-refractivity contribution in [2.24, 2.45) is 0 Å². The highest BCUT2D eigenvalue weighted by Gasteiger charge is 2.11. The smallest absolute Gasteiger partial charge is 0.367 e. The molecule has 154 valence electrons. The molecule has 0 atom stereocenters. The van der Waals surface area contributed by atoms with E-state index in [1.165, 1.54) is 82.0 Å². The molecule has 0 radical (unpaired) electrons. The standard InChI is InChI=1S/C21H33N.H2O4S/c1-2-3-4-5-6-7-8-9-10-13-18-22-19-14-16-20-15-11-12-17-21(20)22;1-5(2,3)4/h11-12,14-17H,2-10,13,18-19H2,1H3;(H2,1,2,3,4). The third-order valence-electron chi connectivity index (χ3n) is 4.68. The summed E-state index contributed by atoms with van der Waals surface area (Å²) in [6.45, 7) is 4.57. The maximum Gasteiger partial charge on any atom is 0.394 e. The molecule has 0 bridgehead atoms. The van der Waals surface area contributed by atoms with Crippen molar-refractivity contribution in [1.29, 1.82) is 0 Å². The van der Waals surface area contributed by atoms with E-state index in [0.717, 1.165) is 6.54 Å². The number of unbranched alkanes of at least 4 members (excludes halogenated alkanes) is 9. The minimum absolute atomic E-state index is 1.08. The largest absolute Gasteiger partial charge is 0.394 e. The molecule has 0 saturated carbocycles. The SMILES string of the molecule is CCCCCCCCCCCCN1CC=Cc2ccccc21.O=S(=O)(O)O. The summed E-state index contributed by atoms with van der Waals surface area (Å²) in [5.41, 5.74) is 2.79. The van der Waals surface area contributed by atoms with Gasteiger partial charge in [-0.2, -0.15) is 8.42 Å². The summed E-state index contributed by atoms with van der Waals surface area (Å²) < 4.78 is 31.6. The average Bonchev–Trinajstić information content (AvgIpc) is 2.62. The highest BCUT2D eigenvalue weighted by atomic mass is 32.3. The van der Waals surface area contributed by atoms with E-state index in [4.69, 9.17) is 17.5 Å². The van der Waals surface area contributed by atoms with Crippen LogP contribution in [0.25, 0.3) is 6.08 Å². The molecule has 0 saturated heterocycles. The Bertz CT molecular complexity index is 635. The van der Waals surface area contributed by atoms with Gasteiger partial charge in [0.1, 0.15) is 0 Å². The van der Waals surface area contributed by atoms with Crippen LogP contribution in [0.3, 0.4) is 0 Å². The number of hydrogen-bond donors (Lipinski definition) is 2. The van der Waals surface area contributed by atoms with Gasteiger partial charge < -0.3 is 4.90 Å². The summed E-state index contributed by atoms with van der Waals surface area (Å²) >= 11 is 0. The van der Waals surface area contributed by atoms with Gasteiger partial charge in [-0.1, -0.05) is 95.1 Å². The lowest BCUT2D eigenvalue weighted by Gasteiger charge is -2.28. The van der Waals surface area contributed by atoms with Crippen LogP contribution in [0.4, 0.5) is 5.69 Å². The maximum atomic E-state index is 8.74. The fourth-order valence-corrected chi connectivity index (χ4v) is 3.32. The Morgan fingerprint density at radius 2 is 1.41 bits per heavy atom. The van der Waals surface area contributed by atoms with E-state index in [9.17, 15) is 0 Å². The van der Waals surface area contributed by atoms with Crippen LogP contribution in [0.5, 0.6) is 0 Å². The van der Waals surface area contributed by atoms with Crippen LogP contribution in [0.2, 0.25) is 0 Å². The fourth-order valence-electron chi connectivity index (χ4n) is 3.32. The fraction of sp³-hybridized carbons (Fsp3) is 0.619. The van der Waals surface area contributed by atoms with E-state index in [-0.39, 0.29) is 0 Å². The number of anilines is 1. The van der Waals surface area contributed by atoms with E-state index in [1.54, 1.807) is 0 Å². The lowest BCUT2D eigenvalue weighted by Crippen LogP contribution is -2.26. The van der Waals surface area contributed by atoms with E-state index in [2.05, 4.69) is 48.2 Å². The van der Waals surface area contributed by atoms with Crippen molar-refractivity contribution in [2.45, 2.75) is 71.1 Å². The second kappa shape index (κ2) is 13.7. The molecule has 1 heterocycles. The van der Waals surface area contributed by atoms with Gasteiger partial charge in [0.05, 0.1) is 0 Å². The molecule has 1 aromatic carbocycles. The van der Waals surface area contributed by atoms with E-state index in [1.807, 2.05) is 0 Å². The van der Waals surface area contributed by atoms with E-state index in [0.29, 0.717) is 0 Å². The van der Waals surface area contributed by atoms with Gasteiger partial charge in [0.2, 0.25) is 0 Å². The zero-order valence-corrected chi connectivity index (χ0v) is 17.3. The lowest BCUT2D eigenvalue weighted by atomic mass is 10.1. The number of para-hydroxylation sites is 1. The Balaban J connectivity index is 0.000000646. The minimum Gasteiger partial charge on any atom is -0.367 e. The number of rotatable bonds is 11. The first-order chi connectivity index (χ1) is 12.9. The molecule has 5 nitrogen and oxygen atoms in total. The second-order valence-corrected chi connectivity index (χ2v) is 7.93. The molecule has 0 amide bonds. The van der Waals surface area contributed by atoms with Crippen molar-refractivity contribution in [3.05, 3.63) is 35.9 Å². The van der Waals surface area contributed by atoms with Gasteiger partial charge >= 0.3 is 10.4 Å². The molecule has 0 aromatic heterocycles. The van der Waals surface area contributed by atoms with Crippen molar-refractivity contribution in [3.8, 4) is 0 Å². The molecule has 6 heteroatoms. The molecule has 27 heavy (non-hydrogen) atoms. The van der Waals surface area contributed by atoms with Crippen LogP contribution in [0.15, 0.2) is 30.3 Å². The van der Waals surface area contributed by atoms with Crippen molar-refractivity contribution in [1.82, 2.24) is 0 Å². The summed E-state index contributed by atoms with van der Waals surface area (Å²) in [5.74, 6) is 0. The molecule has 2 rings (SSSR count). The quantitative estimate of drug-likeness (QED) is 0.365. The van der Waals surface area contributed by atoms with Gasteiger partial charge in [-0.05, 0) is 18.1 Å². The minimum atomic E-state index is -4.67. The number of fused-ring (bicyclic) bond motifs is 1. The van der Waals surface area contributed by atoms with Gasteiger partial charge in [0.25, 0.3) is 0 Å². The number of benzene rings is 1. The van der Waals surface area contributed by atoms with Crippen molar-refractivity contribution in [2.75, 3.05) is 18.0 Å². The summed E-state index contributed by atoms with van der Waals surface area (Å²) in [7, 11) is -4.67. The molecule has 0 fully saturated rings. The predicted octanol–water partition coefficient (Wildman–Crippen LogP) is 5.79. The monoisotopic (exact) mass is 397 g/mol. The number of hydrogen-bond acceptors (Lipinski definition) is 3. The Morgan fingerprint density at radius 3 is 2.00 bits per heavy atom. The first-order valence-corrected chi connectivity index (χ1v) is 11.5. The first-order valence-electron chi connectivity index (χ1n) is 10.1. The molecule has 1 aromatic rings. The summed E-state index contributed by atoms with van der Waals surface area (Å²) in [4.78, 5) is 2.53. The topological polar surface area (TPSA) is 77.8 Å². The summed E-state index contributed by atoms with van der Waals surface area (Å²) in [6, 6.07) is 8.77. The van der Waals surface area contributed by atoms with Gasteiger partial charge in [0.15, 0.2) is 0 Å². The normalized spacial score (nSPS) is 13.1. The Hall–Kier alpha value is -1.37. The van der Waals surface area contributed by atoms with Crippen LogP contribution in [0.1, 0.15) is 76.7 Å². The lowest BCUT2D eigenvalue weighted by molar-refractivity contribution is 0.381. The zero-order valence-electron chi connectivity index (χ0n) is 16.5. The molecule has 0 unspecified atom stereocenters. The van der Waals surface area contributed by atoms with Crippen LogP contribution in [0, 0.1) is 0 Å². The van der Waals surface area contributed by atoms with E-state index >= 15 is 0 Å². The van der Waals surface area contributed by atoms with E-state index < -0.39 is 10.4 Å². The molecule has 1 aliphatic rings. The highest BCUT2D eigenvalue weighted by molar-refractivity contribution is 7.79. The van der Waals surface area contributed by atoms with Gasteiger partial charge in [-0.25, -0.2) is 0 Å². The first kappa shape index (κ1) is 23.7. The Labute approximate surface area is 165 Å². The molecule has 2 N–H and O–H groups in total. The second-order valence-electron chi connectivity index (χ2n) is 7.04. The van der Waals surface area contributed by atoms with Crippen molar-refractivity contribution < 1.29 is 17.5 Å². The van der Waals surface area contributed by atoms with Crippen molar-refractivity contribution in [3.63, 3.8) is 0 Å². The summed E-state index contributed by atoms with van der Waals surface area (Å²) in [5, 5.41) is 0. The van der Waals surface area contributed by atoms with Gasteiger partial charge in [0, 0.05) is 18.8 Å². The Morgan fingerprint density at radius 1 is 0.889 bits per heavy atom. The molecular formula is C21H35NO4S. The Kier molecular flexibility index (Phi) is 12.1. The van der Waals surface area contributed by atoms with Crippen LogP contribution in [-0.4, -0.2) is 30.6 Å².